The van der Waals surface area contributed by atoms with Crippen LogP contribution in [0.3, 0.4) is 0 Å². The van der Waals surface area contributed by atoms with E-state index in [9.17, 15) is 4.79 Å². The number of rotatable bonds is 8. The maximum atomic E-state index is 11.1. The van der Waals surface area contributed by atoms with Crippen molar-refractivity contribution in [2.45, 2.75) is 26.3 Å². The number of para-hydroxylation sites is 1. The molecular weight excluding hydrogens is 230 g/mol. The van der Waals surface area contributed by atoms with Crippen molar-refractivity contribution >= 4 is 5.97 Å². The van der Waals surface area contributed by atoms with E-state index in [1.165, 1.54) is 0 Å². The van der Waals surface area contributed by atoms with E-state index in [4.69, 9.17) is 9.47 Å². The minimum absolute atomic E-state index is 0.128. The number of methoxy groups -OCH3 is 1. The van der Waals surface area contributed by atoms with E-state index in [1.807, 2.05) is 31.2 Å². The first kappa shape index (κ1) is 14.5. The molecule has 0 saturated carbocycles. The SMILES string of the molecule is CCOC(=O)CCCNCc1ccccc1OC. The molecule has 1 N–H and O–H groups in total. The van der Waals surface area contributed by atoms with Gasteiger partial charge in [-0.05, 0) is 26.0 Å². The van der Waals surface area contributed by atoms with Crippen LogP contribution in [0, 0.1) is 0 Å². The van der Waals surface area contributed by atoms with Crippen LogP contribution in [0.15, 0.2) is 24.3 Å². The molecule has 0 saturated heterocycles. The first-order valence-electron chi connectivity index (χ1n) is 6.26. The summed E-state index contributed by atoms with van der Waals surface area (Å²) in [5.41, 5.74) is 1.12. The zero-order valence-corrected chi connectivity index (χ0v) is 11.1. The standard InChI is InChI=1S/C14H21NO3/c1-3-18-14(16)9-6-10-15-11-12-7-4-5-8-13(12)17-2/h4-5,7-8,15H,3,6,9-11H2,1-2H3. The third-order valence-electron chi connectivity index (χ3n) is 2.55. The van der Waals surface area contributed by atoms with Crippen LogP contribution in [0.4, 0.5) is 0 Å². The molecule has 1 rings (SSSR count). The topological polar surface area (TPSA) is 47.6 Å². The van der Waals surface area contributed by atoms with Gasteiger partial charge in [0.2, 0.25) is 0 Å². The van der Waals surface area contributed by atoms with Gasteiger partial charge >= 0.3 is 5.97 Å². The second kappa shape index (κ2) is 8.53. The Bertz CT molecular complexity index is 366. The number of carbonyl (C=O) groups excluding carboxylic acids is 1. The van der Waals surface area contributed by atoms with Crippen LogP contribution >= 0.6 is 0 Å². The van der Waals surface area contributed by atoms with Gasteiger partial charge in [-0.1, -0.05) is 18.2 Å². The molecule has 0 atom stereocenters. The first-order chi connectivity index (χ1) is 8.77. The van der Waals surface area contributed by atoms with Crippen LogP contribution < -0.4 is 10.1 Å². The predicted molar refractivity (Wildman–Crippen MR) is 70.6 cm³/mol. The van der Waals surface area contributed by atoms with E-state index in [0.29, 0.717) is 13.0 Å². The average molecular weight is 251 g/mol. The van der Waals surface area contributed by atoms with Crippen molar-refractivity contribution in [2.24, 2.45) is 0 Å². The molecule has 4 nitrogen and oxygen atoms in total. The smallest absolute Gasteiger partial charge is 0.305 e. The molecule has 0 amide bonds. The summed E-state index contributed by atoms with van der Waals surface area (Å²) in [6.07, 6.45) is 1.25. The van der Waals surface area contributed by atoms with Gasteiger partial charge in [0.1, 0.15) is 5.75 Å². The first-order valence-corrected chi connectivity index (χ1v) is 6.26. The Morgan fingerprint density at radius 2 is 2.11 bits per heavy atom. The highest BCUT2D eigenvalue weighted by molar-refractivity contribution is 5.69. The zero-order chi connectivity index (χ0) is 13.2. The van der Waals surface area contributed by atoms with Gasteiger partial charge in [0.05, 0.1) is 13.7 Å². The maximum Gasteiger partial charge on any atom is 0.305 e. The molecule has 1 aromatic rings. The van der Waals surface area contributed by atoms with Gasteiger partial charge in [0.15, 0.2) is 0 Å². The van der Waals surface area contributed by atoms with Crippen LogP contribution in [0.1, 0.15) is 25.3 Å². The van der Waals surface area contributed by atoms with Crippen molar-refractivity contribution < 1.29 is 14.3 Å². The fraction of sp³-hybridized carbons (Fsp3) is 0.500. The van der Waals surface area contributed by atoms with Gasteiger partial charge in [-0.25, -0.2) is 0 Å². The van der Waals surface area contributed by atoms with Crippen molar-refractivity contribution in [1.82, 2.24) is 5.32 Å². The molecule has 0 aliphatic carbocycles. The third kappa shape index (κ3) is 5.19. The Kier molecular flexibility index (Phi) is 6.87. The Balaban J connectivity index is 2.19. The van der Waals surface area contributed by atoms with Gasteiger partial charge in [0.25, 0.3) is 0 Å². The zero-order valence-electron chi connectivity index (χ0n) is 11.1. The average Bonchev–Trinajstić information content (AvgIpc) is 2.39. The number of nitrogens with one attached hydrogen (secondary N) is 1. The molecule has 100 valence electrons. The quantitative estimate of drug-likeness (QED) is 0.568. The Morgan fingerprint density at radius 1 is 1.33 bits per heavy atom. The molecule has 0 aromatic heterocycles. The number of esters is 1. The second-order valence-corrected chi connectivity index (χ2v) is 3.90. The molecule has 0 aliphatic rings. The summed E-state index contributed by atoms with van der Waals surface area (Å²) in [6.45, 7) is 3.80. The lowest BCUT2D eigenvalue weighted by Crippen LogP contribution is -2.16. The van der Waals surface area contributed by atoms with E-state index < -0.39 is 0 Å². The highest BCUT2D eigenvalue weighted by Gasteiger charge is 2.02. The number of ether oxygens (including phenoxy) is 2. The molecule has 0 spiro atoms. The van der Waals surface area contributed by atoms with Crippen molar-refractivity contribution in [1.29, 1.82) is 0 Å². The highest BCUT2D eigenvalue weighted by atomic mass is 16.5. The summed E-state index contributed by atoms with van der Waals surface area (Å²) in [5.74, 6) is 0.756. The molecule has 0 unspecified atom stereocenters. The Morgan fingerprint density at radius 3 is 2.83 bits per heavy atom. The van der Waals surface area contributed by atoms with Crippen LogP contribution in [-0.2, 0) is 16.1 Å². The molecule has 0 fully saturated rings. The predicted octanol–water partition coefficient (Wildman–Crippen LogP) is 2.13. The lowest BCUT2D eigenvalue weighted by molar-refractivity contribution is -0.143. The van der Waals surface area contributed by atoms with Crippen LogP contribution in [0.2, 0.25) is 0 Å². The minimum atomic E-state index is -0.128. The highest BCUT2D eigenvalue weighted by Crippen LogP contribution is 2.16. The van der Waals surface area contributed by atoms with E-state index in [1.54, 1.807) is 7.11 Å². The third-order valence-corrected chi connectivity index (χ3v) is 2.55. The summed E-state index contributed by atoms with van der Waals surface area (Å²) in [7, 11) is 1.67. The maximum absolute atomic E-state index is 11.1. The molecule has 0 heterocycles. The molecule has 1 aromatic carbocycles. The van der Waals surface area contributed by atoms with Crippen LogP contribution in [-0.4, -0.2) is 26.2 Å². The number of carbonyl (C=O) groups is 1. The summed E-state index contributed by atoms with van der Waals surface area (Å²) in [4.78, 5) is 11.1. The molecule has 18 heavy (non-hydrogen) atoms. The normalized spacial score (nSPS) is 10.1. The van der Waals surface area contributed by atoms with E-state index in [0.717, 1.165) is 30.8 Å². The van der Waals surface area contributed by atoms with Gasteiger partial charge in [-0.3, -0.25) is 4.79 Å². The molecule has 0 aliphatic heterocycles. The number of hydrogen-bond acceptors (Lipinski definition) is 4. The Labute approximate surface area is 108 Å². The van der Waals surface area contributed by atoms with Crippen molar-refractivity contribution in [2.75, 3.05) is 20.3 Å². The molecular formula is C14H21NO3. The van der Waals surface area contributed by atoms with Gasteiger partial charge in [-0.2, -0.15) is 0 Å². The lowest BCUT2D eigenvalue weighted by atomic mass is 10.2. The summed E-state index contributed by atoms with van der Waals surface area (Å²) >= 11 is 0. The van der Waals surface area contributed by atoms with Crippen LogP contribution in [0.5, 0.6) is 5.75 Å². The number of hydrogen-bond donors (Lipinski definition) is 1. The lowest BCUT2D eigenvalue weighted by Gasteiger charge is -2.09. The molecule has 0 bridgehead atoms. The van der Waals surface area contributed by atoms with Crippen LogP contribution in [0.25, 0.3) is 0 Å². The van der Waals surface area contributed by atoms with Gasteiger partial charge < -0.3 is 14.8 Å². The summed E-state index contributed by atoms with van der Waals surface area (Å²) in [5, 5.41) is 3.29. The monoisotopic (exact) mass is 251 g/mol. The largest absolute Gasteiger partial charge is 0.496 e. The second-order valence-electron chi connectivity index (χ2n) is 3.90. The van der Waals surface area contributed by atoms with E-state index in [-0.39, 0.29) is 5.97 Å². The fourth-order valence-corrected chi connectivity index (χ4v) is 1.66. The van der Waals surface area contributed by atoms with E-state index >= 15 is 0 Å². The Hall–Kier alpha value is -1.55. The minimum Gasteiger partial charge on any atom is -0.496 e. The number of benzene rings is 1. The van der Waals surface area contributed by atoms with Crippen molar-refractivity contribution in [3.63, 3.8) is 0 Å². The molecule has 4 heteroatoms. The van der Waals surface area contributed by atoms with Crippen molar-refractivity contribution in [3.05, 3.63) is 29.8 Å². The van der Waals surface area contributed by atoms with Crippen molar-refractivity contribution in [3.8, 4) is 5.75 Å². The summed E-state index contributed by atoms with van der Waals surface area (Å²) in [6, 6.07) is 7.90. The van der Waals surface area contributed by atoms with Gasteiger partial charge in [-0.15, -0.1) is 0 Å². The fourth-order valence-electron chi connectivity index (χ4n) is 1.66. The van der Waals surface area contributed by atoms with E-state index in [2.05, 4.69) is 5.32 Å². The molecule has 0 radical (unpaired) electrons. The van der Waals surface area contributed by atoms with Gasteiger partial charge in [0, 0.05) is 18.5 Å². The summed E-state index contributed by atoms with van der Waals surface area (Å²) < 4.78 is 10.1.